The van der Waals surface area contributed by atoms with Crippen LogP contribution in [0.15, 0.2) is 0 Å². The molecule has 0 radical (unpaired) electrons. The van der Waals surface area contributed by atoms with Crippen LogP contribution in [0.1, 0.15) is 0 Å². The first-order valence-electron chi connectivity index (χ1n) is 7.46. The zero-order valence-corrected chi connectivity index (χ0v) is 13.0. The molecule has 2 heterocycles. The second kappa shape index (κ2) is 8.29. The lowest BCUT2D eigenvalue weighted by Gasteiger charge is -2.45. The van der Waals surface area contributed by atoms with Crippen molar-refractivity contribution in [1.29, 1.82) is 0 Å². The Labute approximate surface area is 137 Å². The fraction of sp³-hybridized carbons (Fsp3) is 1.00. The van der Waals surface area contributed by atoms with Gasteiger partial charge >= 0.3 is 0 Å². The van der Waals surface area contributed by atoms with E-state index < -0.39 is 74.6 Å². The first-order valence-corrected chi connectivity index (χ1v) is 7.46. The van der Waals surface area contributed by atoms with Crippen LogP contribution in [-0.4, -0.2) is 117 Å². The highest BCUT2D eigenvalue weighted by Gasteiger charge is 2.50. The number of rotatable bonds is 5. The predicted molar refractivity (Wildman–Crippen MR) is 73.4 cm³/mol. The quantitative estimate of drug-likeness (QED) is 0.251. The smallest absolute Gasteiger partial charge is 0.187 e. The third-order valence-corrected chi connectivity index (χ3v) is 4.20. The first kappa shape index (κ1) is 19.9. The summed E-state index contributed by atoms with van der Waals surface area (Å²) in [5, 5.41) is 67.8. The molecule has 0 saturated carbocycles. The molecule has 2 saturated heterocycles. The highest BCUT2D eigenvalue weighted by Crippen LogP contribution is 2.29. The molecule has 11 heteroatoms. The lowest BCUT2D eigenvalue weighted by molar-refractivity contribution is -0.364. The second-order valence-corrected chi connectivity index (χ2v) is 5.74. The average Bonchev–Trinajstić information content (AvgIpc) is 2.59. The SMILES string of the molecule is CO[C@@H]1O[C@@H](CO)[C@H](O)[C@H](O)[C@@H]1O[C@@H]1O[C@H](CO)[C@@H](O)[C@@H](O)[C@@H]1O. The van der Waals surface area contributed by atoms with E-state index in [0.717, 1.165) is 0 Å². The Morgan fingerprint density at radius 3 is 1.71 bits per heavy atom. The van der Waals surface area contributed by atoms with Gasteiger partial charge in [0.05, 0.1) is 13.2 Å². The Hall–Kier alpha value is -0.440. The highest BCUT2D eigenvalue weighted by atomic mass is 16.8. The molecular formula is C13H24O11. The summed E-state index contributed by atoms with van der Waals surface area (Å²) in [6, 6.07) is 0. The van der Waals surface area contributed by atoms with Crippen LogP contribution in [0.4, 0.5) is 0 Å². The molecule has 0 bridgehead atoms. The van der Waals surface area contributed by atoms with Crippen molar-refractivity contribution in [2.45, 2.75) is 61.4 Å². The lowest BCUT2D eigenvalue weighted by atomic mass is 9.97. The van der Waals surface area contributed by atoms with E-state index in [1.165, 1.54) is 7.11 Å². The molecule has 24 heavy (non-hydrogen) atoms. The molecule has 11 nitrogen and oxygen atoms in total. The number of ether oxygens (including phenoxy) is 4. The van der Waals surface area contributed by atoms with Crippen LogP contribution < -0.4 is 0 Å². The van der Waals surface area contributed by atoms with Crippen molar-refractivity contribution in [1.82, 2.24) is 0 Å². The minimum Gasteiger partial charge on any atom is -0.394 e. The molecule has 142 valence electrons. The summed E-state index contributed by atoms with van der Waals surface area (Å²) in [4.78, 5) is 0. The van der Waals surface area contributed by atoms with Crippen molar-refractivity contribution in [3.05, 3.63) is 0 Å². The normalized spacial score (nSPS) is 50.0. The van der Waals surface area contributed by atoms with E-state index in [0.29, 0.717) is 0 Å². The average molecular weight is 356 g/mol. The van der Waals surface area contributed by atoms with Crippen molar-refractivity contribution in [3.63, 3.8) is 0 Å². The van der Waals surface area contributed by atoms with Gasteiger partial charge in [0.1, 0.15) is 48.8 Å². The first-order chi connectivity index (χ1) is 11.3. The third-order valence-electron chi connectivity index (χ3n) is 4.20. The number of hydrogen-bond acceptors (Lipinski definition) is 11. The summed E-state index contributed by atoms with van der Waals surface area (Å²) >= 11 is 0. The maximum atomic E-state index is 10.2. The summed E-state index contributed by atoms with van der Waals surface area (Å²) in [5.41, 5.74) is 0. The zero-order valence-electron chi connectivity index (χ0n) is 13.0. The molecule has 2 fully saturated rings. The van der Waals surface area contributed by atoms with E-state index in [4.69, 9.17) is 29.2 Å². The Balaban J connectivity index is 2.12. The van der Waals surface area contributed by atoms with Crippen LogP contribution in [0.2, 0.25) is 0 Å². The van der Waals surface area contributed by atoms with Crippen LogP contribution in [0, 0.1) is 0 Å². The molecule has 2 rings (SSSR count). The van der Waals surface area contributed by atoms with Gasteiger partial charge in [-0.15, -0.1) is 0 Å². The summed E-state index contributed by atoms with van der Waals surface area (Å²) in [5.74, 6) is 0. The zero-order chi connectivity index (χ0) is 18.0. The van der Waals surface area contributed by atoms with E-state index in [2.05, 4.69) is 0 Å². The predicted octanol–water partition coefficient (Wildman–Crippen LogP) is -4.74. The molecule has 0 unspecified atom stereocenters. The van der Waals surface area contributed by atoms with Gasteiger partial charge < -0.3 is 54.7 Å². The largest absolute Gasteiger partial charge is 0.394 e. The molecule has 0 aromatic carbocycles. The van der Waals surface area contributed by atoms with E-state index in [-0.39, 0.29) is 0 Å². The van der Waals surface area contributed by atoms with Gasteiger partial charge in [0, 0.05) is 7.11 Å². The Bertz CT molecular complexity index is 392. The number of methoxy groups -OCH3 is 1. The van der Waals surface area contributed by atoms with Gasteiger partial charge in [0.2, 0.25) is 0 Å². The van der Waals surface area contributed by atoms with Crippen molar-refractivity contribution in [3.8, 4) is 0 Å². The summed E-state index contributed by atoms with van der Waals surface area (Å²) in [6.07, 6.45) is -14.3. The number of hydrogen-bond donors (Lipinski definition) is 7. The lowest BCUT2D eigenvalue weighted by Crippen LogP contribution is -2.64. The van der Waals surface area contributed by atoms with Gasteiger partial charge in [-0.3, -0.25) is 0 Å². The number of aliphatic hydroxyl groups is 7. The molecule has 2 aliphatic heterocycles. The van der Waals surface area contributed by atoms with Crippen molar-refractivity contribution in [2.24, 2.45) is 0 Å². The summed E-state index contributed by atoms with van der Waals surface area (Å²) in [6.45, 7) is -1.21. The molecule has 7 N–H and O–H groups in total. The van der Waals surface area contributed by atoms with Crippen LogP contribution in [0.3, 0.4) is 0 Å². The molecule has 2 aliphatic rings. The fourth-order valence-corrected chi connectivity index (χ4v) is 2.73. The van der Waals surface area contributed by atoms with Crippen LogP contribution in [-0.2, 0) is 18.9 Å². The minimum atomic E-state index is -1.68. The Kier molecular flexibility index (Phi) is 6.87. The molecule has 10 atom stereocenters. The van der Waals surface area contributed by atoms with Crippen LogP contribution in [0.25, 0.3) is 0 Å². The topological polar surface area (TPSA) is 179 Å². The molecule has 0 aromatic rings. The van der Waals surface area contributed by atoms with Crippen LogP contribution >= 0.6 is 0 Å². The summed E-state index contributed by atoms with van der Waals surface area (Å²) < 4.78 is 20.8. The minimum absolute atomic E-state index is 0.565. The molecule has 0 spiro atoms. The van der Waals surface area contributed by atoms with Gasteiger partial charge in [0.25, 0.3) is 0 Å². The Morgan fingerprint density at radius 2 is 1.21 bits per heavy atom. The standard InChI is InChI=1S/C13H24O11/c1-21-13-11(9(19)7(17)5(3-15)23-13)24-12-10(20)8(18)6(16)4(2-14)22-12/h4-20H,2-3H2,1H3/t4-,5+,6-,7+,8-,9+,10+,11+,12+,13-/m1/s1. The molecular weight excluding hydrogens is 332 g/mol. The van der Waals surface area contributed by atoms with Gasteiger partial charge in [-0.1, -0.05) is 0 Å². The van der Waals surface area contributed by atoms with Crippen molar-refractivity contribution < 1.29 is 54.7 Å². The second-order valence-electron chi connectivity index (χ2n) is 5.74. The van der Waals surface area contributed by atoms with Gasteiger partial charge in [-0.2, -0.15) is 0 Å². The Morgan fingerprint density at radius 1 is 0.708 bits per heavy atom. The van der Waals surface area contributed by atoms with Gasteiger partial charge in [-0.25, -0.2) is 0 Å². The van der Waals surface area contributed by atoms with Gasteiger partial charge in [-0.05, 0) is 0 Å². The maximum Gasteiger partial charge on any atom is 0.187 e. The van der Waals surface area contributed by atoms with E-state index >= 15 is 0 Å². The highest BCUT2D eigenvalue weighted by molar-refractivity contribution is 4.93. The van der Waals surface area contributed by atoms with E-state index in [1.807, 2.05) is 0 Å². The van der Waals surface area contributed by atoms with E-state index in [1.54, 1.807) is 0 Å². The monoisotopic (exact) mass is 356 g/mol. The molecule has 0 aliphatic carbocycles. The van der Waals surface area contributed by atoms with Gasteiger partial charge in [0.15, 0.2) is 12.6 Å². The van der Waals surface area contributed by atoms with Crippen molar-refractivity contribution >= 4 is 0 Å². The van der Waals surface area contributed by atoms with E-state index in [9.17, 15) is 25.5 Å². The van der Waals surface area contributed by atoms with Crippen molar-refractivity contribution in [2.75, 3.05) is 20.3 Å². The molecule has 0 amide bonds. The number of aliphatic hydroxyl groups excluding tert-OH is 7. The summed E-state index contributed by atoms with van der Waals surface area (Å²) in [7, 11) is 1.24. The van der Waals surface area contributed by atoms with Crippen LogP contribution in [0.5, 0.6) is 0 Å². The third kappa shape index (κ3) is 3.71. The fourth-order valence-electron chi connectivity index (χ4n) is 2.73. The molecule has 0 aromatic heterocycles. The maximum absolute atomic E-state index is 10.2.